The minimum absolute atomic E-state index is 0.0141. The first-order valence-electron chi connectivity index (χ1n) is 8.23. The van der Waals surface area contributed by atoms with Gasteiger partial charge >= 0.3 is 0 Å². The number of rotatable bonds is 6. The first kappa shape index (κ1) is 20.0. The van der Waals surface area contributed by atoms with Crippen LogP contribution in [0.3, 0.4) is 0 Å². The SMILES string of the molecule is CCCN1C(=S)NC(c2cc(Cl)c(OCC)c(Cl)c2)C(C(C)=O)=C1C. The molecule has 136 valence electrons. The molecule has 25 heavy (non-hydrogen) atoms. The fourth-order valence-corrected chi connectivity index (χ4v) is 3.97. The lowest BCUT2D eigenvalue weighted by Crippen LogP contribution is -2.47. The van der Waals surface area contributed by atoms with Crippen molar-refractivity contribution in [3.63, 3.8) is 0 Å². The minimum Gasteiger partial charge on any atom is -0.491 e. The van der Waals surface area contributed by atoms with Crippen LogP contribution in [0.2, 0.25) is 10.0 Å². The molecule has 0 radical (unpaired) electrons. The van der Waals surface area contributed by atoms with Gasteiger partial charge in [0.1, 0.15) is 0 Å². The zero-order chi connectivity index (χ0) is 18.7. The van der Waals surface area contributed by atoms with E-state index in [4.69, 9.17) is 40.2 Å². The lowest BCUT2D eigenvalue weighted by Gasteiger charge is -2.37. The molecule has 4 nitrogen and oxygen atoms in total. The van der Waals surface area contributed by atoms with Crippen LogP contribution in [0, 0.1) is 0 Å². The largest absolute Gasteiger partial charge is 0.491 e. The van der Waals surface area contributed by atoms with Gasteiger partial charge in [0.2, 0.25) is 0 Å². The zero-order valence-corrected chi connectivity index (χ0v) is 17.1. The Kier molecular flexibility index (Phi) is 6.72. The fourth-order valence-electron chi connectivity index (χ4n) is 3.01. The van der Waals surface area contributed by atoms with Gasteiger partial charge in [-0.05, 0) is 57.1 Å². The third-order valence-electron chi connectivity index (χ3n) is 4.07. The van der Waals surface area contributed by atoms with Gasteiger partial charge in [0.05, 0.1) is 22.7 Å². The van der Waals surface area contributed by atoms with E-state index in [1.54, 1.807) is 19.1 Å². The summed E-state index contributed by atoms with van der Waals surface area (Å²) in [6.07, 6.45) is 0.926. The molecule has 0 bridgehead atoms. The summed E-state index contributed by atoms with van der Waals surface area (Å²) in [6, 6.07) is 3.15. The van der Waals surface area contributed by atoms with Crippen LogP contribution in [0.1, 0.15) is 45.7 Å². The zero-order valence-electron chi connectivity index (χ0n) is 14.8. The first-order valence-corrected chi connectivity index (χ1v) is 9.39. The molecule has 1 aliphatic rings. The van der Waals surface area contributed by atoms with Crippen molar-refractivity contribution in [2.75, 3.05) is 13.2 Å². The number of allylic oxidation sites excluding steroid dienone is 1. The van der Waals surface area contributed by atoms with Gasteiger partial charge in [0, 0.05) is 17.8 Å². The van der Waals surface area contributed by atoms with Gasteiger partial charge in [0.15, 0.2) is 16.6 Å². The van der Waals surface area contributed by atoms with Crippen LogP contribution in [-0.2, 0) is 4.79 Å². The van der Waals surface area contributed by atoms with Crippen molar-refractivity contribution in [3.8, 4) is 5.75 Å². The smallest absolute Gasteiger partial charge is 0.173 e. The maximum atomic E-state index is 12.3. The highest BCUT2D eigenvalue weighted by Crippen LogP contribution is 2.39. The Morgan fingerprint density at radius 1 is 1.32 bits per heavy atom. The van der Waals surface area contributed by atoms with Crippen LogP contribution < -0.4 is 10.1 Å². The normalized spacial score (nSPS) is 17.6. The molecule has 0 aromatic heterocycles. The predicted octanol–water partition coefficient (Wildman–Crippen LogP) is 4.90. The molecule has 0 saturated carbocycles. The van der Waals surface area contributed by atoms with E-state index in [9.17, 15) is 4.79 Å². The Labute approximate surface area is 164 Å². The second-order valence-electron chi connectivity index (χ2n) is 5.84. The Balaban J connectivity index is 2.54. The third-order valence-corrected chi connectivity index (χ3v) is 4.97. The number of hydrogen-bond donors (Lipinski definition) is 1. The Morgan fingerprint density at radius 2 is 1.92 bits per heavy atom. The van der Waals surface area contributed by atoms with Crippen LogP contribution in [0.5, 0.6) is 5.75 Å². The highest BCUT2D eigenvalue weighted by molar-refractivity contribution is 7.80. The molecule has 1 aromatic rings. The Morgan fingerprint density at radius 3 is 2.40 bits per heavy atom. The van der Waals surface area contributed by atoms with Gasteiger partial charge in [-0.25, -0.2) is 0 Å². The standard InChI is InChI=1S/C18H22Cl2N2O2S/c1-5-7-22-10(3)15(11(4)23)16(21-18(22)25)12-8-13(19)17(24-6-2)14(20)9-12/h8-9,16H,5-7H2,1-4H3,(H,21,25). The topological polar surface area (TPSA) is 41.6 Å². The molecule has 7 heteroatoms. The number of carbonyl (C=O) groups is 1. The van der Waals surface area contributed by atoms with E-state index in [1.807, 2.05) is 18.7 Å². The molecule has 2 rings (SSSR count). The molecular weight excluding hydrogens is 379 g/mol. The van der Waals surface area contributed by atoms with Gasteiger partial charge in [-0.1, -0.05) is 30.1 Å². The van der Waals surface area contributed by atoms with E-state index in [-0.39, 0.29) is 11.8 Å². The van der Waals surface area contributed by atoms with Crippen LogP contribution in [0.15, 0.2) is 23.4 Å². The Hall–Kier alpha value is -1.30. The maximum Gasteiger partial charge on any atom is 0.173 e. The lowest BCUT2D eigenvalue weighted by molar-refractivity contribution is -0.114. The van der Waals surface area contributed by atoms with Crippen molar-refractivity contribution in [1.82, 2.24) is 10.2 Å². The highest BCUT2D eigenvalue weighted by atomic mass is 35.5. The average Bonchev–Trinajstić information content (AvgIpc) is 2.53. The molecule has 0 amide bonds. The van der Waals surface area contributed by atoms with E-state index >= 15 is 0 Å². The number of Topliss-reactive ketones (excluding diaryl/α,β-unsaturated/α-hetero) is 1. The van der Waals surface area contributed by atoms with Crippen molar-refractivity contribution >= 4 is 46.3 Å². The lowest BCUT2D eigenvalue weighted by atomic mass is 9.92. The molecule has 1 atom stereocenters. The van der Waals surface area contributed by atoms with Gasteiger partial charge in [-0.15, -0.1) is 0 Å². The maximum absolute atomic E-state index is 12.3. The number of thiocarbonyl (C=S) groups is 1. The van der Waals surface area contributed by atoms with E-state index < -0.39 is 0 Å². The van der Waals surface area contributed by atoms with Gasteiger partial charge in [0.25, 0.3) is 0 Å². The summed E-state index contributed by atoms with van der Waals surface area (Å²) in [6.45, 7) is 8.64. The van der Waals surface area contributed by atoms with Gasteiger partial charge < -0.3 is 15.0 Å². The fraction of sp³-hybridized carbons (Fsp3) is 0.444. The van der Waals surface area contributed by atoms with Crippen LogP contribution >= 0.6 is 35.4 Å². The quantitative estimate of drug-likeness (QED) is 0.687. The number of benzene rings is 1. The van der Waals surface area contributed by atoms with Crippen molar-refractivity contribution in [2.45, 2.75) is 40.2 Å². The number of carbonyl (C=O) groups excluding carboxylic acids is 1. The first-order chi connectivity index (χ1) is 11.8. The summed E-state index contributed by atoms with van der Waals surface area (Å²) in [7, 11) is 0. The number of nitrogens with zero attached hydrogens (tertiary/aromatic N) is 1. The van der Waals surface area contributed by atoms with E-state index in [1.165, 1.54) is 0 Å². The highest BCUT2D eigenvalue weighted by Gasteiger charge is 2.32. The van der Waals surface area contributed by atoms with Crippen molar-refractivity contribution in [2.24, 2.45) is 0 Å². The summed E-state index contributed by atoms with van der Waals surface area (Å²) in [5.74, 6) is 0.436. The molecule has 1 N–H and O–H groups in total. The van der Waals surface area contributed by atoms with Crippen molar-refractivity contribution in [3.05, 3.63) is 39.0 Å². The number of halogens is 2. The number of nitrogens with one attached hydrogen (secondary N) is 1. The van der Waals surface area contributed by atoms with Crippen LogP contribution in [0.25, 0.3) is 0 Å². The molecule has 0 spiro atoms. The monoisotopic (exact) mass is 400 g/mol. The van der Waals surface area contributed by atoms with Crippen molar-refractivity contribution < 1.29 is 9.53 Å². The molecule has 1 aliphatic heterocycles. The second-order valence-corrected chi connectivity index (χ2v) is 7.04. The summed E-state index contributed by atoms with van der Waals surface area (Å²) >= 11 is 18.2. The van der Waals surface area contributed by atoms with Crippen LogP contribution in [-0.4, -0.2) is 28.9 Å². The average molecular weight is 401 g/mol. The van der Waals surface area contributed by atoms with Crippen LogP contribution in [0.4, 0.5) is 0 Å². The summed E-state index contributed by atoms with van der Waals surface area (Å²) in [5.41, 5.74) is 2.31. The summed E-state index contributed by atoms with van der Waals surface area (Å²) in [4.78, 5) is 14.3. The third kappa shape index (κ3) is 4.10. The van der Waals surface area contributed by atoms with Gasteiger partial charge in [-0.2, -0.15) is 0 Å². The molecule has 0 aliphatic carbocycles. The van der Waals surface area contributed by atoms with E-state index in [0.29, 0.717) is 33.1 Å². The molecule has 1 heterocycles. The number of ether oxygens (including phenoxy) is 1. The predicted molar refractivity (Wildman–Crippen MR) is 106 cm³/mol. The summed E-state index contributed by atoms with van der Waals surface area (Å²) in [5, 5.41) is 4.67. The molecule has 0 fully saturated rings. The number of hydrogen-bond acceptors (Lipinski definition) is 3. The van der Waals surface area contributed by atoms with E-state index in [0.717, 1.165) is 24.2 Å². The van der Waals surface area contributed by atoms with Gasteiger partial charge in [-0.3, -0.25) is 4.79 Å². The molecule has 1 aromatic carbocycles. The molecular formula is C18H22Cl2N2O2S. The van der Waals surface area contributed by atoms with Crippen molar-refractivity contribution in [1.29, 1.82) is 0 Å². The Bertz CT molecular complexity index is 711. The summed E-state index contributed by atoms with van der Waals surface area (Å²) < 4.78 is 5.48. The van der Waals surface area contributed by atoms with E-state index in [2.05, 4.69) is 12.2 Å². The minimum atomic E-state index is -0.385. The number of ketones is 1. The molecule has 1 unspecified atom stereocenters. The molecule has 0 saturated heterocycles. The second kappa shape index (κ2) is 8.39.